The minimum atomic E-state index is -0.542. The highest BCUT2D eigenvalue weighted by Gasteiger charge is 2.30. The third-order valence-corrected chi connectivity index (χ3v) is 3.69. The molecule has 1 atom stereocenters. The number of nitrogens with one attached hydrogen (secondary N) is 2. The number of hydrogen-bond acceptors (Lipinski definition) is 5. The highest BCUT2D eigenvalue weighted by Crippen LogP contribution is 2.36. The number of halogens is 1. The fraction of sp³-hybridized carbons (Fsp3) is 0.176. The second-order valence-electron chi connectivity index (χ2n) is 5.18. The van der Waals surface area contributed by atoms with E-state index in [0.29, 0.717) is 28.3 Å². The number of anilines is 2. The maximum Gasteiger partial charge on any atom is 0.338 e. The van der Waals surface area contributed by atoms with E-state index in [-0.39, 0.29) is 5.82 Å². The molecule has 1 aliphatic rings. The lowest BCUT2D eigenvalue weighted by Gasteiger charge is -2.20. The van der Waals surface area contributed by atoms with Gasteiger partial charge in [0.25, 0.3) is 0 Å². The van der Waals surface area contributed by atoms with Crippen molar-refractivity contribution in [3.05, 3.63) is 65.4 Å². The Labute approximate surface area is 133 Å². The summed E-state index contributed by atoms with van der Waals surface area (Å²) in [5.74, 6) is -0.830. The Bertz CT molecular complexity index is 775. The van der Waals surface area contributed by atoms with Gasteiger partial charge in [0.15, 0.2) is 0 Å². The first-order valence-corrected chi connectivity index (χ1v) is 7.13. The van der Waals surface area contributed by atoms with Crippen LogP contribution in [0.4, 0.5) is 15.8 Å². The zero-order valence-electron chi connectivity index (χ0n) is 12.8. The molecular formula is C17H16FN3O2. The fourth-order valence-corrected chi connectivity index (χ4v) is 2.61. The van der Waals surface area contributed by atoms with Gasteiger partial charge in [0.2, 0.25) is 0 Å². The van der Waals surface area contributed by atoms with Gasteiger partial charge < -0.3 is 15.4 Å². The summed E-state index contributed by atoms with van der Waals surface area (Å²) in [5, 5.41) is 6.33. The molecule has 2 N–H and O–H groups in total. The van der Waals surface area contributed by atoms with Gasteiger partial charge in [-0.05, 0) is 37.3 Å². The Kier molecular flexibility index (Phi) is 3.97. The first-order chi connectivity index (χ1) is 11.1. The quantitative estimate of drug-likeness (QED) is 0.833. The summed E-state index contributed by atoms with van der Waals surface area (Å²) < 4.78 is 18.5. The number of esters is 1. The van der Waals surface area contributed by atoms with Crippen molar-refractivity contribution < 1.29 is 13.9 Å². The molecule has 0 fully saturated rings. The molecule has 23 heavy (non-hydrogen) atoms. The molecule has 1 aromatic heterocycles. The van der Waals surface area contributed by atoms with Crippen LogP contribution < -0.4 is 10.6 Å². The van der Waals surface area contributed by atoms with E-state index in [1.54, 1.807) is 31.3 Å². The molecule has 1 aromatic carbocycles. The van der Waals surface area contributed by atoms with Gasteiger partial charge in [-0.15, -0.1) is 0 Å². The summed E-state index contributed by atoms with van der Waals surface area (Å²) in [4.78, 5) is 16.6. The van der Waals surface area contributed by atoms with Gasteiger partial charge in [0.05, 0.1) is 29.8 Å². The second-order valence-corrected chi connectivity index (χ2v) is 5.18. The van der Waals surface area contributed by atoms with E-state index in [2.05, 4.69) is 15.6 Å². The molecule has 0 saturated carbocycles. The number of nitrogens with zero attached hydrogens (tertiary/aromatic N) is 1. The molecule has 0 amide bonds. The van der Waals surface area contributed by atoms with Crippen LogP contribution in [0.3, 0.4) is 0 Å². The van der Waals surface area contributed by atoms with Crippen molar-refractivity contribution in [3.63, 3.8) is 0 Å². The van der Waals surface area contributed by atoms with Crippen molar-refractivity contribution in [2.75, 3.05) is 17.7 Å². The first-order valence-electron chi connectivity index (χ1n) is 7.13. The van der Waals surface area contributed by atoms with E-state index in [1.807, 2.05) is 6.07 Å². The van der Waals surface area contributed by atoms with E-state index in [0.717, 1.165) is 0 Å². The fourth-order valence-electron chi connectivity index (χ4n) is 2.61. The molecule has 0 spiro atoms. The standard InChI is InChI=1S/C17H16FN3O2/c1-10-15(17(22)23-2)16(13-5-3-4-8-19-13)21-14-9-11(18)6-7-12(14)20-10/h3-9,16,20-21H,1-2H3. The van der Waals surface area contributed by atoms with Crippen molar-refractivity contribution >= 4 is 17.3 Å². The number of carbonyl (C=O) groups excluding carboxylic acids is 1. The highest BCUT2D eigenvalue weighted by molar-refractivity contribution is 5.93. The van der Waals surface area contributed by atoms with Gasteiger partial charge in [0, 0.05) is 11.9 Å². The number of rotatable bonds is 2. The number of pyridine rings is 1. The number of allylic oxidation sites excluding steroid dienone is 1. The number of ether oxygens (including phenoxy) is 1. The summed E-state index contributed by atoms with van der Waals surface area (Å²) in [7, 11) is 1.33. The Morgan fingerprint density at radius 2 is 2.09 bits per heavy atom. The van der Waals surface area contributed by atoms with Crippen LogP contribution in [-0.4, -0.2) is 18.1 Å². The predicted molar refractivity (Wildman–Crippen MR) is 85.3 cm³/mol. The van der Waals surface area contributed by atoms with Crippen molar-refractivity contribution in [2.45, 2.75) is 13.0 Å². The summed E-state index contributed by atoms with van der Waals surface area (Å²) >= 11 is 0. The number of fused-ring (bicyclic) bond motifs is 1. The van der Waals surface area contributed by atoms with Crippen LogP contribution in [0.1, 0.15) is 18.7 Å². The first kappa shape index (κ1) is 15.0. The summed E-state index contributed by atoms with van der Waals surface area (Å²) in [5.41, 5.74) is 2.92. The van der Waals surface area contributed by atoms with Gasteiger partial charge in [0.1, 0.15) is 11.9 Å². The Morgan fingerprint density at radius 3 is 2.78 bits per heavy atom. The third kappa shape index (κ3) is 2.88. The van der Waals surface area contributed by atoms with Crippen LogP contribution in [0.15, 0.2) is 53.9 Å². The van der Waals surface area contributed by atoms with Crippen LogP contribution in [-0.2, 0) is 9.53 Å². The van der Waals surface area contributed by atoms with Crippen molar-refractivity contribution in [3.8, 4) is 0 Å². The molecule has 1 aliphatic heterocycles. The maximum atomic E-state index is 13.6. The Hall–Kier alpha value is -2.89. The lowest BCUT2D eigenvalue weighted by atomic mass is 10.0. The van der Waals surface area contributed by atoms with Gasteiger partial charge in [-0.2, -0.15) is 0 Å². The molecule has 1 unspecified atom stereocenters. The number of benzene rings is 1. The van der Waals surface area contributed by atoms with Gasteiger partial charge >= 0.3 is 5.97 Å². The molecular weight excluding hydrogens is 297 g/mol. The normalized spacial score (nSPS) is 16.7. The van der Waals surface area contributed by atoms with E-state index >= 15 is 0 Å². The number of methoxy groups -OCH3 is 1. The minimum absolute atomic E-state index is 0.364. The molecule has 118 valence electrons. The number of carbonyl (C=O) groups is 1. The molecule has 5 nitrogen and oxygen atoms in total. The molecule has 0 radical (unpaired) electrons. The number of aromatic nitrogens is 1. The lowest BCUT2D eigenvalue weighted by Crippen LogP contribution is -2.22. The van der Waals surface area contributed by atoms with E-state index < -0.39 is 12.0 Å². The van der Waals surface area contributed by atoms with Crippen molar-refractivity contribution in [2.24, 2.45) is 0 Å². The molecule has 0 bridgehead atoms. The average Bonchev–Trinajstić information content (AvgIpc) is 2.70. The Morgan fingerprint density at radius 1 is 1.26 bits per heavy atom. The molecule has 6 heteroatoms. The zero-order chi connectivity index (χ0) is 16.4. The van der Waals surface area contributed by atoms with Crippen LogP contribution in [0, 0.1) is 5.82 Å². The lowest BCUT2D eigenvalue weighted by molar-refractivity contribution is -0.136. The second kappa shape index (κ2) is 6.08. The summed E-state index contributed by atoms with van der Waals surface area (Å²) in [6, 6.07) is 9.25. The van der Waals surface area contributed by atoms with Gasteiger partial charge in [-0.3, -0.25) is 4.98 Å². The third-order valence-electron chi connectivity index (χ3n) is 3.69. The number of hydrogen-bond donors (Lipinski definition) is 2. The van der Waals surface area contributed by atoms with Gasteiger partial charge in [-0.25, -0.2) is 9.18 Å². The van der Waals surface area contributed by atoms with Crippen LogP contribution in [0.5, 0.6) is 0 Å². The molecule has 3 rings (SSSR count). The average molecular weight is 313 g/mol. The molecule has 0 saturated heterocycles. The highest BCUT2D eigenvalue weighted by atomic mass is 19.1. The van der Waals surface area contributed by atoms with E-state index in [4.69, 9.17) is 4.74 Å². The van der Waals surface area contributed by atoms with Crippen LogP contribution in [0.2, 0.25) is 0 Å². The Balaban J connectivity index is 2.15. The van der Waals surface area contributed by atoms with Gasteiger partial charge in [-0.1, -0.05) is 6.07 Å². The summed E-state index contributed by atoms with van der Waals surface area (Å²) in [6.45, 7) is 1.78. The summed E-state index contributed by atoms with van der Waals surface area (Å²) in [6.07, 6.45) is 1.64. The van der Waals surface area contributed by atoms with Crippen LogP contribution in [0.25, 0.3) is 0 Å². The van der Waals surface area contributed by atoms with Crippen molar-refractivity contribution in [1.82, 2.24) is 4.98 Å². The molecule has 2 heterocycles. The van der Waals surface area contributed by atoms with Crippen LogP contribution >= 0.6 is 0 Å². The predicted octanol–water partition coefficient (Wildman–Crippen LogP) is 3.25. The minimum Gasteiger partial charge on any atom is -0.466 e. The smallest absolute Gasteiger partial charge is 0.338 e. The van der Waals surface area contributed by atoms with Crippen molar-refractivity contribution in [1.29, 1.82) is 0 Å². The molecule has 2 aromatic rings. The molecule has 0 aliphatic carbocycles. The maximum absolute atomic E-state index is 13.6. The SMILES string of the molecule is COC(=O)C1=C(C)Nc2ccc(F)cc2NC1c1ccccn1. The topological polar surface area (TPSA) is 63.2 Å². The monoisotopic (exact) mass is 313 g/mol. The zero-order valence-corrected chi connectivity index (χ0v) is 12.8. The largest absolute Gasteiger partial charge is 0.466 e. The van der Waals surface area contributed by atoms with E-state index in [1.165, 1.54) is 19.2 Å². The van der Waals surface area contributed by atoms with E-state index in [9.17, 15) is 9.18 Å².